The quantitative estimate of drug-likeness (QED) is 0.561. The van der Waals surface area contributed by atoms with Gasteiger partial charge in [0.1, 0.15) is 0 Å². The van der Waals surface area contributed by atoms with E-state index >= 15 is 0 Å². The van der Waals surface area contributed by atoms with E-state index in [2.05, 4.69) is 6.92 Å². The summed E-state index contributed by atoms with van der Waals surface area (Å²) in [6.45, 7) is 4.95. The maximum absolute atomic E-state index is 10.8. The van der Waals surface area contributed by atoms with Gasteiger partial charge in [0.15, 0.2) is 11.5 Å². The van der Waals surface area contributed by atoms with Crippen LogP contribution < -0.4 is 9.47 Å². The van der Waals surface area contributed by atoms with Crippen LogP contribution in [0.3, 0.4) is 0 Å². The summed E-state index contributed by atoms with van der Waals surface area (Å²) in [5.41, 5.74) is 0.942. The second-order valence-corrected chi connectivity index (χ2v) is 2.91. The lowest BCUT2D eigenvalue weighted by molar-refractivity contribution is -0.132. The summed E-state index contributed by atoms with van der Waals surface area (Å²) < 4.78 is 10.1. The van der Waals surface area contributed by atoms with Gasteiger partial charge in [-0.3, -0.25) is 4.79 Å². The number of allylic oxidation sites excluding steroid dienone is 1. The van der Waals surface area contributed by atoms with E-state index in [1.165, 1.54) is 14.0 Å². The average molecular weight is 205 g/mol. The van der Waals surface area contributed by atoms with Crippen molar-refractivity contribution in [3.05, 3.63) is 36.8 Å². The van der Waals surface area contributed by atoms with Crippen molar-refractivity contribution in [2.24, 2.45) is 0 Å². The van der Waals surface area contributed by atoms with Crippen LogP contribution in [0.25, 0.3) is 6.08 Å². The average Bonchev–Trinajstić information content (AvgIpc) is 2.20. The smallest absolute Gasteiger partial charge is 0.308 e. The van der Waals surface area contributed by atoms with Crippen molar-refractivity contribution in [1.82, 2.24) is 0 Å². The molecule has 3 heteroatoms. The van der Waals surface area contributed by atoms with E-state index in [1.807, 2.05) is 12.1 Å². The number of hydrogen-bond acceptors (Lipinski definition) is 3. The maximum atomic E-state index is 10.8. The third-order valence-corrected chi connectivity index (χ3v) is 1.75. The van der Waals surface area contributed by atoms with Crippen molar-refractivity contribution in [2.45, 2.75) is 6.92 Å². The standard InChI is InChI=1S/C12H13O3/c1-4-5-10-6-7-11(15-9(2)13)12(8-10)14-3/h4-8H,1H2,2-3H3/b5-4+. The van der Waals surface area contributed by atoms with Crippen molar-refractivity contribution in [3.63, 3.8) is 0 Å². The number of carbonyl (C=O) groups excluding carboxylic acids is 1. The van der Waals surface area contributed by atoms with Crippen LogP contribution in [0.5, 0.6) is 11.5 Å². The fourth-order valence-corrected chi connectivity index (χ4v) is 1.16. The first kappa shape index (κ1) is 11.3. The number of hydrogen-bond donors (Lipinski definition) is 0. The monoisotopic (exact) mass is 205 g/mol. The molecule has 0 fully saturated rings. The fourth-order valence-electron chi connectivity index (χ4n) is 1.16. The summed E-state index contributed by atoms with van der Waals surface area (Å²) in [5.74, 6) is 0.584. The minimum absolute atomic E-state index is 0.367. The van der Waals surface area contributed by atoms with Gasteiger partial charge in [0.25, 0.3) is 0 Å². The molecular formula is C12H13O3. The van der Waals surface area contributed by atoms with Crippen molar-refractivity contribution in [1.29, 1.82) is 0 Å². The number of carbonyl (C=O) groups is 1. The Morgan fingerprint density at radius 1 is 1.40 bits per heavy atom. The predicted octanol–water partition coefficient (Wildman–Crippen LogP) is 2.47. The molecule has 1 aromatic rings. The zero-order valence-corrected chi connectivity index (χ0v) is 8.82. The Hall–Kier alpha value is -1.77. The van der Waals surface area contributed by atoms with Crippen molar-refractivity contribution < 1.29 is 14.3 Å². The zero-order valence-electron chi connectivity index (χ0n) is 8.82. The van der Waals surface area contributed by atoms with Gasteiger partial charge in [0.2, 0.25) is 0 Å². The van der Waals surface area contributed by atoms with Gasteiger partial charge >= 0.3 is 5.97 Å². The maximum Gasteiger partial charge on any atom is 0.308 e. The largest absolute Gasteiger partial charge is 0.493 e. The molecule has 0 saturated heterocycles. The molecule has 15 heavy (non-hydrogen) atoms. The Balaban J connectivity index is 3.03. The normalized spacial score (nSPS) is 10.3. The first-order chi connectivity index (χ1) is 7.17. The van der Waals surface area contributed by atoms with Gasteiger partial charge in [0, 0.05) is 6.92 Å². The van der Waals surface area contributed by atoms with E-state index in [0.717, 1.165) is 5.56 Å². The van der Waals surface area contributed by atoms with E-state index in [0.29, 0.717) is 11.5 Å². The number of esters is 1. The molecule has 0 bridgehead atoms. The molecule has 0 atom stereocenters. The number of benzene rings is 1. The van der Waals surface area contributed by atoms with E-state index in [1.54, 1.807) is 18.2 Å². The van der Waals surface area contributed by atoms with E-state index in [4.69, 9.17) is 9.47 Å². The first-order valence-electron chi connectivity index (χ1n) is 4.49. The van der Waals surface area contributed by atoms with Crippen LogP contribution in [0.1, 0.15) is 12.5 Å². The summed E-state index contributed by atoms with van der Waals surface area (Å²) >= 11 is 0. The molecule has 0 aliphatic carbocycles. The van der Waals surface area contributed by atoms with Crippen LogP contribution in [0.15, 0.2) is 24.3 Å². The molecular weight excluding hydrogens is 192 g/mol. The topological polar surface area (TPSA) is 35.5 Å². The summed E-state index contributed by atoms with van der Waals surface area (Å²) in [7, 11) is 1.53. The lowest BCUT2D eigenvalue weighted by Crippen LogP contribution is -2.02. The molecule has 1 radical (unpaired) electrons. The van der Waals surface area contributed by atoms with Gasteiger partial charge in [-0.25, -0.2) is 0 Å². The van der Waals surface area contributed by atoms with Gasteiger partial charge in [0.05, 0.1) is 7.11 Å². The summed E-state index contributed by atoms with van der Waals surface area (Å²) in [4.78, 5) is 10.8. The van der Waals surface area contributed by atoms with Crippen molar-refractivity contribution in [3.8, 4) is 11.5 Å². The van der Waals surface area contributed by atoms with Gasteiger partial charge in [-0.2, -0.15) is 0 Å². The molecule has 0 heterocycles. The Labute approximate surface area is 89.3 Å². The highest BCUT2D eigenvalue weighted by atomic mass is 16.6. The van der Waals surface area contributed by atoms with E-state index in [-0.39, 0.29) is 5.97 Å². The van der Waals surface area contributed by atoms with Crippen LogP contribution in [-0.2, 0) is 4.79 Å². The minimum atomic E-state index is -0.367. The van der Waals surface area contributed by atoms with Crippen LogP contribution >= 0.6 is 0 Å². The van der Waals surface area contributed by atoms with Gasteiger partial charge in [-0.05, 0) is 24.6 Å². The summed E-state index contributed by atoms with van der Waals surface area (Å²) in [6, 6.07) is 5.29. The van der Waals surface area contributed by atoms with Gasteiger partial charge < -0.3 is 9.47 Å². The highest BCUT2D eigenvalue weighted by molar-refractivity contribution is 5.71. The third kappa shape index (κ3) is 3.13. The highest BCUT2D eigenvalue weighted by Crippen LogP contribution is 2.28. The van der Waals surface area contributed by atoms with Crippen LogP contribution in [0.2, 0.25) is 0 Å². The molecule has 0 spiro atoms. The van der Waals surface area contributed by atoms with Crippen molar-refractivity contribution >= 4 is 12.0 Å². The lowest BCUT2D eigenvalue weighted by atomic mass is 10.2. The number of ether oxygens (including phenoxy) is 2. The Morgan fingerprint density at radius 2 is 2.13 bits per heavy atom. The molecule has 1 rings (SSSR count). The second kappa shape index (κ2) is 5.20. The lowest BCUT2D eigenvalue weighted by Gasteiger charge is -2.08. The van der Waals surface area contributed by atoms with E-state index < -0.39 is 0 Å². The molecule has 0 aliphatic rings. The number of methoxy groups -OCH3 is 1. The molecule has 0 saturated carbocycles. The fraction of sp³-hybridized carbons (Fsp3) is 0.167. The molecule has 79 valence electrons. The summed E-state index contributed by atoms with van der Waals surface area (Å²) in [6.07, 6.45) is 3.51. The molecule has 0 aromatic heterocycles. The zero-order chi connectivity index (χ0) is 11.3. The molecule has 0 aliphatic heterocycles. The SMILES string of the molecule is [CH2]/C=C/c1ccc(OC(C)=O)c(OC)c1. The first-order valence-corrected chi connectivity index (χ1v) is 4.49. The molecule has 0 N–H and O–H groups in total. The predicted molar refractivity (Wildman–Crippen MR) is 58.7 cm³/mol. The highest BCUT2D eigenvalue weighted by Gasteiger charge is 2.06. The summed E-state index contributed by atoms with van der Waals surface area (Å²) in [5, 5.41) is 0. The van der Waals surface area contributed by atoms with Gasteiger partial charge in [-0.15, -0.1) is 0 Å². The second-order valence-electron chi connectivity index (χ2n) is 2.91. The van der Waals surface area contributed by atoms with Crippen molar-refractivity contribution in [2.75, 3.05) is 7.11 Å². The molecule has 0 unspecified atom stereocenters. The van der Waals surface area contributed by atoms with Crippen LogP contribution in [0, 0.1) is 6.92 Å². The Morgan fingerprint density at radius 3 is 2.67 bits per heavy atom. The Kier molecular flexibility index (Phi) is 3.92. The molecule has 0 amide bonds. The number of rotatable bonds is 3. The van der Waals surface area contributed by atoms with Crippen LogP contribution in [-0.4, -0.2) is 13.1 Å². The Bertz CT molecular complexity index is 380. The molecule has 1 aromatic carbocycles. The third-order valence-electron chi connectivity index (χ3n) is 1.75. The van der Waals surface area contributed by atoms with Crippen LogP contribution in [0.4, 0.5) is 0 Å². The van der Waals surface area contributed by atoms with E-state index in [9.17, 15) is 4.79 Å². The molecule has 3 nitrogen and oxygen atoms in total. The van der Waals surface area contributed by atoms with Gasteiger partial charge in [-0.1, -0.05) is 18.2 Å². The minimum Gasteiger partial charge on any atom is -0.493 e.